The minimum absolute atomic E-state index is 0.0785. The highest BCUT2D eigenvalue weighted by Gasteiger charge is 2.35. The zero-order valence-electron chi connectivity index (χ0n) is 20.9. The fraction of sp³-hybridized carbons (Fsp3) is 0.440. The van der Waals surface area contributed by atoms with Gasteiger partial charge in [0.2, 0.25) is 16.0 Å². The van der Waals surface area contributed by atoms with Crippen LogP contribution in [0.1, 0.15) is 56.4 Å². The van der Waals surface area contributed by atoms with Crippen LogP contribution in [0.3, 0.4) is 0 Å². The molecule has 8 nitrogen and oxygen atoms in total. The van der Waals surface area contributed by atoms with Crippen molar-refractivity contribution in [1.29, 1.82) is 0 Å². The van der Waals surface area contributed by atoms with E-state index in [9.17, 15) is 26.4 Å². The first-order valence-electron chi connectivity index (χ1n) is 11.8. The molecular weight excluding hydrogens is 509 g/mol. The summed E-state index contributed by atoms with van der Waals surface area (Å²) < 4.78 is 68.6. The van der Waals surface area contributed by atoms with Crippen LogP contribution in [0.2, 0.25) is 0 Å². The third kappa shape index (κ3) is 6.73. The first kappa shape index (κ1) is 26.8. The number of amides is 1. The van der Waals surface area contributed by atoms with Gasteiger partial charge in [-0.05, 0) is 73.1 Å². The maximum atomic E-state index is 12.5. The Labute approximate surface area is 213 Å². The van der Waals surface area contributed by atoms with E-state index in [4.69, 9.17) is 0 Å². The molecule has 1 heterocycles. The molecule has 0 bridgehead atoms. The molecule has 200 valence electrons. The van der Waals surface area contributed by atoms with E-state index in [0.29, 0.717) is 23.1 Å². The van der Waals surface area contributed by atoms with E-state index < -0.39 is 22.3 Å². The minimum atomic E-state index is -4.78. The number of hydrogen-bond donors (Lipinski definition) is 2. The Morgan fingerprint density at radius 3 is 2.41 bits per heavy atom. The molecule has 2 atom stereocenters. The van der Waals surface area contributed by atoms with Gasteiger partial charge in [0.05, 0.1) is 17.3 Å². The summed E-state index contributed by atoms with van der Waals surface area (Å²) in [5, 5.41) is 3.20. The minimum Gasteiger partial charge on any atom is -0.406 e. The van der Waals surface area contributed by atoms with Crippen molar-refractivity contribution in [2.75, 3.05) is 11.6 Å². The van der Waals surface area contributed by atoms with Gasteiger partial charge in [0.15, 0.2) is 0 Å². The molecule has 37 heavy (non-hydrogen) atoms. The predicted molar refractivity (Wildman–Crippen MR) is 134 cm³/mol. The number of carbonyl (C=O) groups is 1. The van der Waals surface area contributed by atoms with E-state index in [1.54, 1.807) is 12.1 Å². The SMILES string of the molecule is C[C@@H]1C[C@H](n2c(Nc3ccc(OC(F)(F)F)cc3)nc3cc(C(=O)NS(C)(=O)=O)ccc32)CC(C)(C)C1. The summed E-state index contributed by atoms with van der Waals surface area (Å²) in [6.07, 6.45) is -1.02. The molecule has 1 fully saturated rings. The zero-order chi connectivity index (χ0) is 27.2. The Morgan fingerprint density at radius 2 is 1.81 bits per heavy atom. The van der Waals surface area contributed by atoms with Crippen molar-refractivity contribution in [3.63, 3.8) is 0 Å². The molecular formula is C25H29F3N4O4S. The lowest BCUT2D eigenvalue weighted by Crippen LogP contribution is -2.30. The van der Waals surface area contributed by atoms with Gasteiger partial charge in [-0.15, -0.1) is 13.2 Å². The molecule has 1 aliphatic rings. The zero-order valence-corrected chi connectivity index (χ0v) is 21.7. The van der Waals surface area contributed by atoms with Crippen LogP contribution in [0.5, 0.6) is 5.75 Å². The Hall–Kier alpha value is -3.28. The molecule has 0 unspecified atom stereocenters. The highest BCUT2D eigenvalue weighted by molar-refractivity contribution is 7.89. The summed E-state index contributed by atoms with van der Waals surface area (Å²) in [4.78, 5) is 17.1. The molecule has 0 spiro atoms. The second-order valence-corrected chi connectivity index (χ2v) is 12.2. The number of imidazole rings is 1. The third-order valence-corrected chi connectivity index (χ3v) is 6.86. The average molecular weight is 539 g/mol. The lowest BCUT2D eigenvalue weighted by molar-refractivity contribution is -0.274. The molecule has 1 aliphatic carbocycles. The van der Waals surface area contributed by atoms with Crippen LogP contribution < -0.4 is 14.8 Å². The average Bonchev–Trinajstić information content (AvgIpc) is 3.08. The van der Waals surface area contributed by atoms with Gasteiger partial charge in [0.1, 0.15) is 5.75 Å². The van der Waals surface area contributed by atoms with Crippen molar-refractivity contribution < 1.29 is 31.1 Å². The van der Waals surface area contributed by atoms with Crippen molar-refractivity contribution in [2.45, 2.75) is 52.4 Å². The van der Waals surface area contributed by atoms with Gasteiger partial charge in [0, 0.05) is 17.3 Å². The predicted octanol–water partition coefficient (Wildman–Crippen LogP) is 5.76. The van der Waals surface area contributed by atoms with E-state index in [2.05, 4.69) is 40.4 Å². The van der Waals surface area contributed by atoms with E-state index >= 15 is 0 Å². The molecule has 12 heteroatoms. The van der Waals surface area contributed by atoms with Crippen LogP contribution in [-0.2, 0) is 10.0 Å². The number of halogens is 3. The molecule has 4 rings (SSSR count). The first-order valence-corrected chi connectivity index (χ1v) is 13.6. The summed E-state index contributed by atoms with van der Waals surface area (Å²) in [6, 6.07) is 10.2. The Bertz CT molecular complexity index is 1420. The topological polar surface area (TPSA) is 102 Å². The summed E-state index contributed by atoms with van der Waals surface area (Å²) in [5.41, 5.74) is 1.97. The number of fused-ring (bicyclic) bond motifs is 1. The van der Waals surface area contributed by atoms with Crippen molar-refractivity contribution >= 4 is 38.6 Å². The van der Waals surface area contributed by atoms with Crippen LogP contribution in [0, 0.1) is 11.3 Å². The number of benzene rings is 2. The number of anilines is 2. The number of nitrogens with zero attached hydrogens (tertiary/aromatic N) is 2. The van der Waals surface area contributed by atoms with Crippen LogP contribution in [0.4, 0.5) is 24.8 Å². The fourth-order valence-electron chi connectivity index (χ4n) is 5.29. The second-order valence-electron chi connectivity index (χ2n) is 10.5. The molecule has 0 saturated heterocycles. The summed E-state index contributed by atoms with van der Waals surface area (Å²) >= 11 is 0. The van der Waals surface area contributed by atoms with Crippen molar-refractivity contribution in [2.24, 2.45) is 11.3 Å². The molecule has 2 N–H and O–H groups in total. The summed E-state index contributed by atoms with van der Waals surface area (Å²) in [7, 11) is -3.74. The molecule has 1 aromatic heterocycles. The second kappa shape index (κ2) is 9.55. The molecule has 1 amide bonds. The first-order chi connectivity index (χ1) is 17.1. The van der Waals surface area contributed by atoms with Crippen molar-refractivity contribution in [1.82, 2.24) is 14.3 Å². The van der Waals surface area contributed by atoms with Gasteiger partial charge >= 0.3 is 6.36 Å². The number of rotatable bonds is 6. The van der Waals surface area contributed by atoms with Crippen molar-refractivity contribution in [3.8, 4) is 5.75 Å². The Kier molecular flexibility index (Phi) is 6.91. The standard InChI is InChI=1S/C25H29F3N4O4S/c1-15-11-18(14-24(2,3)13-15)32-21-10-5-16(22(33)31-37(4,34)35)12-20(21)30-23(32)29-17-6-8-19(9-7-17)36-25(26,27)28/h5-10,12,15,18H,11,13-14H2,1-4H3,(H,29,30)(H,31,33)/t15-,18+/m1/s1. The van der Waals surface area contributed by atoms with Gasteiger partial charge < -0.3 is 14.6 Å². The lowest BCUT2D eigenvalue weighted by Gasteiger charge is -2.40. The molecule has 2 aromatic carbocycles. The normalized spacial score (nSPS) is 20.0. The molecule has 1 saturated carbocycles. The van der Waals surface area contributed by atoms with Gasteiger partial charge in [-0.2, -0.15) is 0 Å². The summed E-state index contributed by atoms with van der Waals surface area (Å²) in [6.45, 7) is 6.64. The third-order valence-electron chi connectivity index (χ3n) is 6.30. The highest BCUT2D eigenvalue weighted by atomic mass is 32.2. The fourth-order valence-corrected chi connectivity index (χ4v) is 5.74. The van der Waals surface area contributed by atoms with E-state index in [1.807, 2.05) is 4.72 Å². The maximum Gasteiger partial charge on any atom is 0.573 e. The monoisotopic (exact) mass is 538 g/mol. The van der Waals surface area contributed by atoms with Gasteiger partial charge in [0.25, 0.3) is 5.91 Å². The maximum absolute atomic E-state index is 12.5. The quantitative estimate of drug-likeness (QED) is 0.414. The number of alkyl halides is 3. The number of aromatic nitrogens is 2. The molecule has 0 aliphatic heterocycles. The number of sulfonamides is 1. The highest BCUT2D eigenvalue weighted by Crippen LogP contribution is 2.46. The van der Waals surface area contributed by atoms with E-state index in [-0.39, 0.29) is 22.8 Å². The van der Waals surface area contributed by atoms with Gasteiger partial charge in [-0.3, -0.25) is 4.79 Å². The Balaban J connectivity index is 1.74. The summed E-state index contributed by atoms with van der Waals surface area (Å²) in [5.74, 6) is -0.176. The number of carbonyl (C=O) groups excluding carboxylic acids is 1. The molecule has 3 aromatic rings. The smallest absolute Gasteiger partial charge is 0.406 e. The van der Waals surface area contributed by atoms with Crippen molar-refractivity contribution in [3.05, 3.63) is 48.0 Å². The van der Waals surface area contributed by atoms with Crippen LogP contribution in [0.25, 0.3) is 11.0 Å². The van der Waals surface area contributed by atoms with Crippen LogP contribution >= 0.6 is 0 Å². The van der Waals surface area contributed by atoms with Gasteiger partial charge in [-0.1, -0.05) is 20.8 Å². The van der Waals surface area contributed by atoms with E-state index in [0.717, 1.165) is 31.0 Å². The Morgan fingerprint density at radius 1 is 1.14 bits per heavy atom. The molecule has 0 radical (unpaired) electrons. The van der Waals surface area contributed by atoms with E-state index in [1.165, 1.54) is 30.3 Å². The lowest BCUT2D eigenvalue weighted by atomic mass is 9.70. The van der Waals surface area contributed by atoms with Crippen LogP contribution in [-0.4, -0.2) is 36.5 Å². The largest absolute Gasteiger partial charge is 0.573 e. The number of hydrogen-bond acceptors (Lipinski definition) is 6. The van der Waals surface area contributed by atoms with Gasteiger partial charge in [-0.25, -0.2) is 18.1 Å². The number of nitrogens with one attached hydrogen (secondary N) is 2. The number of ether oxygens (including phenoxy) is 1. The van der Waals surface area contributed by atoms with Crippen LogP contribution in [0.15, 0.2) is 42.5 Å².